The Hall–Kier alpha value is -2.26. The summed E-state index contributed by atoms with van der Waals surface area (Å²) in [5.41, 5.74) is 2.93. The summed E-state index contributed by atoms with van der Waals surface area (Å²) in [7, 11) is 0. The lowest BCUT2D eigenvalue weighted by molar-refractivity contribution is 1.61. The second-order valence-electron chi connectivity index (χ2n) is 3.14. The zero-order valence-corrected chi connectivity index (χ0v) is 9.24. The molecule has 78 valence electrons. The van der Waals surface area contributed by atoms with Gasteiger partial charge in [0.05, 0.1) is 0 Å². The van der Waals surface area contributed by atoms with E-state index in [9.17, 15) is 0 Å². The molecule has 0 N–H and O–H groups in total. The van der Waals surface area contributed by atoms with Gasteiger partial charge in [0.15, 0.2) is 0 Å². The minimum atomic E-state index is 0.864. The quantitative estimate of drug-likeness (QED) is 0.518. The Bertz CT molecular complexity index is 473. The molecule has 0 radical (unpaired) electrons. The fourth-order valence-electron chi connectivity index (χ4n) is 1.13. The summed E-state index contributed by atoms with van der Waals surface area (Å²) in [6, 6.07) is 7.92. The molecule has 0 aliphatic heterocycles. The van der Waals surface area contributed by atoms with Gasteiger partial charge >= 0.3 is 0 Å². The summed E-state index contributed by atoms with van der Waals surface area (Å²) in [6.07, 6.45) is 7.06. The van der Waals surface area contributed by atoms with Crippen molar-refractivity contribution in [1.82, 2.24) is 0 Å². The summed E-state index contributed by atoms with van der Waals surface area (Å²) < 4.78 is 0. The van der Waals surface area contributed by atoms with E-state index < -0.39 is 0 Å². The van der Waals surface area contributed by atoms with E-state index in [0.29, 0.717) is 0 Å². The van der Waals surface area contributed by atoms with Crippen molar-refractivity contribution in [2.24, 2.45) is 0 Å². The van der Waals surface area contributed by atoms with Crippen molar-refractivity contribution in [2.75, 3.05) is 0 Å². The molecule has 1 rings (SSSR count). The van der Waals surface area contributed by atoms with Crippen LogP contribution in [0.15, 0.2) is 67.8 Å². The zero-order chi connectivity index (χ0) is 11.8. The lowest BCUT2D eigenvalue weighted by Crippen LogP contribution is -1.76. The van der Waals surface area contributed by atoms with Gasteiger partial charge in [0.2, 0.25) is 0 Å². The highest BCUT2D eigenvalue weighted by Gasteiger charge is 1.87. The molecular weight excluding hydrogens is 192 g/mol. The lowest BCUT2D eigenvalue weighted by atomic mass is 10.1. The molecule has 0 saturated heterocycles. The van der Waals surface area contributed by atoms with Gasteiger partial charge in [0.25, 0.3) is 0 Å². The van der Waals surface area contributed by atoms with Gasteiger partial charge in [0.1, 0.15) is 0 Å². The smallest absolute Gasteiger partial charge is 0.0249 e. The first-order chi connectivity index (χ1) is 7.80. The monoisotopic (exact) mass is 206 g/mol. The van der Waals surface area contributed by atoms with Gasteiger partial charge in [0, 0.05) is 11.1 Å². The van der Waals surface area contributed by atoms with Gasteiger partial charge in [-0.15, -0.1) is 0 Å². The molecule has 0 nitrogen and oxygen atoms in total. The number of allylic oxidation sites excluding steroid dienone is 4. The highest BCUT2D eigenvalue weighted by atomic mass is 13.9. The van der Waals surface area contributed by atoms with Gasteiger partial charge in [-0.05, 0) is 23.8 Å². The summed E-state index contributed by atoms with van der Waals surface area (Å²) in [5.74, 6) is 6.08. The molecule has 0 aliphatic rings. The number of benzene rings is 1. The Kier molecular flexibility index (Phi) is 4.63. The van der Waals surface area contributed by atoms with E-state index in [1.165, 1.54) is 0 Å². The Morgan fingerprint density at radius 2 is 1.75 bits per heavy atom. The molecule has 0 saturated carbocycles. The Morgan fingerprint density at radius 1 is 1.06 bits per heavy atom. The van der Waals surface area contributed by atoms with Crippen LogP contribution >= 0.6 is 0 Å². The minimum Gasteiger partial charge on any atom is -0.0990 e. The van der Waals surface area contributed by atoms with E-state index in [1.807, 2.05) is 36.4 Å². The van der Waals surface area contributed by atoms with Gasteiger partial charge in [-0.3, -0.25) is 0 Å². The van der Waals surface area contributed by atoms with E-state index in [4.69, 9.17) is 0 Å². The van der Waals surface area contributed by atoms with Crippen LogP contribution in [0.3, 0.4) is 0 Å². The average molecular weight is 206 g/mol. The number of hydrogen-bond acceptors (Lipinski definition) is 0. The summed E-state index contributed by atoms with van der Waals surface area (Å²) in [5, 5.41) is 0. The Morgan fingerprint density at radius 3 is 2.25 bits per heavy atom. The predicted octanol–water partition coefficient (Wildman–Crippen LogP) is 3.98. The van der Waals surface area contributed by atoms with E-state index in [0.717, 1.165) is 16.7 Å². The molecule has 0 heterocycles. The maximum Gasteiger partial charge on any atom is 0.0249 e. The topological polar surface area (TPSA) is 0 Å². The highest BCUT2D eigenvalue weighted by molar-refractivity contribution is 5.51. The van der Waals surface area contributed by atoms with Crippen molar-refractivity contribution in [3.05, 3.63) is 78.9 Å². The zero-order valence-electron chi connectivity index (χ0n) is 9.24. The molecular formula is C16H14. The van der Waals surface area contributed by atoms with Gasteiger partial charge in [-0.1, -0.05) is 61.9 Å². The first-order valence-electron chi connectivity index (χ1n) is 5.00. The van der Waals surface area contributed by atoms with Crippen molar-refractivity contribution in [2.45, 2.75) is 0 Å². The summed E-state index contributed by atoms with van der Waals surface area (Å²) in [6.45, 7) is 11.0. The van der Waals surface area contributed by atoms with Crippen LogP contribution in [0.1, 0.15) is 11.1 Å². The van der Waals surface area contributed by atoms with Crippen LogP contribution in [0.5, 0.6) is 0 Å². The standard InChI is InChI=1S/C16H14/c1-4-7-14(5-2)8-11-16-12-9-15(6-3)10-13-16/h4-7,9-10,12-13H,1-3H2/b14-7+. The molecule has 0 unspecified atom stereocenters. The van der Waals surface area contributed by atoms with Gasteiger partial charge < -0.3 is 0 Å². The van der Waals surface area contributed by atoms with E-state index in [2.05, 4.69) is 31.6 Å². The van der Waals surface area contributed by atoms with E-state index in [1.54, 1.807) is 12.2 Å². The first-order valence-corrected chi connectivity index (χ1v) is 5.00. The second kappa shape index (κ2) is 6.27. The third-order valence-electron chi connectivity index (χ3n) is 2.01. The molecule has 16 heavy (non-hydrogen) atoms. The minimum absolute atomic E-state index is 0.864. The van der Waals surface area contributed by atoms with Crippen LogP contribution < -0.4 is 0 Å². The molecule has 0 spiro atoms. The van der Waals surface area contributed by atoms with Gasteiger partial charge in [-0.2, -0.15) is 0 Å². The summed E-state index contributed by atoms with van der Waals surface area (Å²) in [4.78, 5) is 0. The Balaban J connectivity index is 2.91. The SMILES string of the molecule is C=C/C=C(/C#Cc1ccc(C=C)cc1)C=C. The first kappa shape index (κ1) is 11.8. The molecule has 0 amide bonds. The van der Waals surface area contributed by atoms with Crippen LogP contribution in [0.4, 0.5) is 0 Å². The van der Waals surface area contributed by atoms with Crippen LogP contribution in [-0.2, 0) is 0 Å². The number of hydrogen-bond donors (Lipinski definition) is 0. The van der Waals surface area contributed by atoms with Crippen LogP contribution in [0.2, 0.25) is 0 Å². The fourth-order valence-corrected chi connectivity index (χ4v) is 1.13. The van der Waals surface area contributed by atoms with Crippen molar-refractivity contribution >= 4 is 6.08 Å². The highest BCUT2D eigenvalue weighted by Crippen LogP contribution is 2.04. The van der Waals surface area contributed by atoms with Crippen LogP contribution in [-0.4, -0.2) is 0 Å². The second-order valence-corrected chi connectivity index (χ2v) is 3.14. The molecule has 1 aromatic rings. The maximum atomic E-state index is 3.70. The number of rotatable bonds is 3. The van der Waals surface area contributed by atoms with Crippen LogP contribution in [0.25, 0.3) is 6.08 Å². The van der Waals surface area contributed by atoms with Crippen LogP contribution in [0, 0.1) is 11.8 Å². The van der Waals surface area contributed by atoms with E-state index in [-0.39, 0.29) is 0 Å². The molecule has 0 fully saturated rings. The molecule has 0 atom stereocenters. The molecule has 0 aromatic heterocycles. The molecule has 1 aromatic carbocycles. The lowest BCUT2D eigenvalue weighted by Gasteiger charge is -1.92. The van der Waals surface area contributed by atoms with Crippen molar-refractivity contribution < 1.29 is 0 Å². The molecule has 0 aliphatic carbocycles. The Labute approximate surface area is 97.3 Å². The average Bonchev–Trinajstić information content (AvgIpc) is 2.35. The molecule has 0 bridgehead atoms. The fraction of sp³-hybridized carbons (Fsp3) is 0. The maximum absolute atomic E-state index is 3.70. The van der Waals surface area contributed by atoms with Gasteiger partial charge in [-0.25, -0.2) is 0 Å². The van der Waals surface area contributed by atoms with Crippen molar-refractivity contribution in [3.63, 3.8) is 0 Å². The largest absolute Gasteiger partial charge is 0.0990 e. The molecule has 0 heteroatoms. The summed E-state index contributed by atoms with van der Waals surface area (Å²) >= 11 is 0. The predicted molar refractivity (Wildman–Crippen MR) is 71.9 cm³/mol. The van der Waals surface area contributed by atoms with E-state index >= 15 is 0 Å². The third kappa shape index (κ3) is 3.48. The normalized spacial score (nSPS) is 9.88. The van der Waals surface area contributed by atoms with Crippen molar-refractivity contribution in [1.29, 1.82) is 0 Å². The van der Waals surface area contributed by atoms with Crippen molar-refractivity contribution in [3.8, 4) is 11.8 Å². The third-order valence-corrected chi connectivity index (χ3v) is 2.01.